The maximum Gasteiger partial charge on any atom is 0.303 e. The zero-order chi connectivity index (χ0) is 13.0. The number of unbranched alkanes of at least 4 members (excludes halogenated alkanes) is 1. The van der Waals surface area contributed by atoms with E-state index in [4.69, 9.17) is 14.6 Å². The van der Waals surface area contributed by atoms with E-state index in [9.17, 15) is 9.59 Å². The molecule has 5 nitrogen and oxygen atoms in total. The van der Waals surface area contributed by atoms with E-state index in [2.05, 4.69) is 0 Å². The molecule has 0 amide bonds. The van der Waals surface area contributed by atoms with E-state index in [1.807, 2.05) is 6.92 Å². The summed E-state index contributed by atoms with van der Waals surface area (Å²) in [6.07, 6.45) is 1.95. The van der Waals surface area contributed by atoms with Gasteiger partial charge in [0.15, 0.2) is 0 Å². The first-order chi connectivity index (χ1) is 7.43. The van der Waals surface area contributed by atoms with Gasteiger partial charge < -0.3 is 14.6 Å². The molecule has 0 rings (SSSR count). The summed E-state index contributed by atoms with van der Waals surface area (Å²) in [5.41, 5.74) is 0. The van der Waals surface area contributed by atoms with Gasteiger partial charge in [0.25, 0.3) is 0 Å². The highest BCUT2D eigenvalue weighted by Gasteiger charge is 2.02. The van der Waals surface area contributed by atoms with Gasteiger partial charge in [0, 0.05) is 20.5 Å². The van der Waals surface area contributed by atoms with Crippen LogP contribution in [-0.2, 0) is 19.1 Å². The third-order valence-electron chi connectivity index (χ3n) is 1.51. The van der Waals surface area contributed by atoms with Crippen molar-refractivity contribution < 1.29 is 24.2 Å². The van der Waals surface area contributed by atoms with Crippen molar-refractivity contribution in [2.45, 2.75) is 46.1 Å². The number of carbonyl (C=O) groups is 2. The molecule has 0 aliphatic carbocycles. The lowest BCUT2D eigenvalue weighted by Crippen LogP contribution is -2.17. The van der Waals surface area contributed by atoms with Crippen LogP contribution in [0.3, 0.4) is 0 Å². The lowest BCUT2D eigenvalue weighted by atomic mass is 10.3. The van der Waals surface area contributed by atoms with Crippen LogP contribution >= 0.6 is 0 Å². The number of hydrogen-bond donors (Lipinski definition) is 1. The summed E-state index contributed by atoms with van der Waals surface area (Å²) >= 11 is 0. The van der Waals surface area contributed by atoms with Crippen molar-refractivity contribution in [2.75, 3.05) is 13.7 Å². The minimum absolute atomic E-state index is 0.132. The predicted octanol–water partition coefficient (Wildman–Crippen LogP) is 1.85. The molecule has 0 aromatic carbocycles. The highest BCUT2D eigenvalue weighted by molar-refractivity contribution is 5.66. The molecule has 5 heteroatoms. The summed E-state index contributed by atoms with van der Waals surface area (Å²) in [5.74, 6) is -0.957. The van der Waals surface area contributed by atoms with Gasteiger partial charge in [-0.3, -0.25) is 9.59 Å². The summed E-state index contributed by atoms with van der Waals surface area (Å²) in [5, 5.41) is 8.04. The lowest BCUT2D eigenvalue weighted by molar-refractivity contribution is -0.147. The van der Waals surface area contributed by atoms with Crippen LogP contribution in [0.4, 0.5) is 0 Å². The molecule has 0 aliphatic heterocycles. The van der Waals surface area contributed by atoms with Gasteiger partial charge in [-0.25, -0.2) is 0 Å². The predicted molar refractivity (Wildman–Crippen MR) is 60.3 cm³/mol. The molecule has 1 atom stereocenters. The van der Waals surface area contributed by atoms with Crippen molar-refractivity contribution in [1.82, 2.24) is 0 Å². The molecule has 16 heavy (non-hydrogen) atoms. The molecule has 1 unspecified atom stereocenters. The van der Waals surface area contributed by atoms with E-state index in [1.54, 1.807) is 14.0 Å². The van der Waals surface area contributed by atoms with Crippen LogP contribution < -0.4 is 0 Å². The van der Waals surface area contributed by atoms with Gasteiger partial charge in [-0.2, -0.15) is 0 Å². The highest BCUT2D eigenvalue weighted by atomic mass is 16.6. The van der Waals surface area contributed by atoms with Gasteiger partial charge >= 0.3 is 11.9 Å². The first kappa shape index (κ1) is 17.3. The number of carboxylic acid groups (broad SMARTS) is 1. The summed E-state index contributed by atoms with van der Waals surface area (Å²) in [7, 11) is 1.57. The number of rotatable bonds is 6. The third-order valence-corrected chi connectivity index (χ3v) is 1.51. The average Bonchev–Trinajstić information content (AvgIpc) is 2.14. The zero-order valence-electron chi connectivity index (χ0n) is 10.5. The SMILES string of the molecule is CCCCC(=O)O.COCC(C)OC(C)=O. The van der Waals surface area contributed by atoms with Crippen LogP contribution in [0, 0.1) is 0 Å². The number of carboxylic acids is 1. The minimum Gasteiger partial charge on any atom is -0.481 e. The van der Waals surface area contributed by atoms with Crippen molar-refractivity contribution >= 4 is 11.9 Å². The zero-order valence-corrected chi connectivity index (χ0v) is 10.5. The second-order valence-corrected chi connectivity index (χ2v) is 3.37. The molecule has 0 saturated heterocycles. The van der Waals surface area contributed by atoms with Gasteiger partial charge in [-0.1, -0.05) is 13.3 Å². The molecule has 0 fully saturated rings. The van der Waals surface area contributed by atoms with E-state index in [0.29, 0.717) is 13.0 Å². The Morgan fingerprint density at radius 2 is 1.94 bits per heavy atom. The van der Waals surface area contributed by atoms with Crippen LogP contribution in [0.2, 0.25) is 0 Å². The van der Waals surface area contributed by atoms with E-state index < -0.39 is 5.97 Å². The fourth-order valence-electron chi connectivity index (χ4n) is 0.880. The van der Waals surface area contributed by atoms with Crippen molar-refractivity contribution in [3.05, 3.63) is 0 Å². The molecule has 1 N–H and O–H groups in total. The van der Waals surface area contributed by atoms with Gasteiger partial charge in [0.2, 0.25) is 0 Å². The standard InChI is InChI=1S/C6H12O3.C5H10O2/c1-5(4-8-3)9-6(2)7;1-2-3-4-5(6)7/h5H,4H2,1-3H3;2-4H2,1H3,(H,6,7). The van der Waals surface area contributed by atoms with Crippen molar-refractivity contribution in [3.63, 3.8) is 0 Å². The fraction of sp³-hybridized carbons (Fsp3) is 0.818. The molecule has 0 aliphatic rings. The molecular weight excluding hydrogens is 212 g/mol. The Kier molecular flexibility index (Phi) is 12.9. The Balaban J connectivity index is 0. The van der Waals surface area contributed by atoms with Crippen LogP contribution in [0.1, 0.15) is 40.0 Å². The number of aliphatic carboxylic acids is 1. The molecule has 0 spiro atoms. The van der Waals surface area contributed by atoms with Crippen LogP contribution in [0.25, 0.3) is 0 Å². The lowest BCUT2D eigenvalue weighted by Gasteiger charge is -2.08. The van der Waals surface area contributed by atoms with E-state index in [0.717, 1.165) is 12.8 Å². The molecule has 0 saturated carbocycles. The maximum atomic E-state index is 10.3. The normalized spacial score (nSPS) is 11.0. The molecule has 0 aromatic rings. The summed E-state index contributed by atoms with van der Waals surface area (Å²) in [6.45, 7) is 5.60. The smallest absolute Gasteiger partial charge is 0.303 e. The van der Waals surface area contributed by atoms with Crippen LogP contribution in [-0.4, -0.2) is 36.9 Å². The number of esters is 1. The van der Waals surface area contributed by atoms with E-state index >= 15 is 0 Å². The van der Waals surface area contributed by atoms with Crippen molar-refractivity contribution in [1.29, 1.82) is 0 Å². The van der Waals surface area contributed by atoms with E-state index in [1.165, 1.54) is 6.92 Å². The van der Waals surface area contributed by atoms with Gasteiger partial charge in [0.05, 0.1) is 6.61 Å². The second kappa shape index (κ2) is 12.0. The molecule has 0 heterocycles. The second-order valence-electron chi connectivity index (χ2n) is 3.37. The summed E-state index contributed by atoms with van der Waals surface area (Å²) in [6, 6.07) is 0. The van der Waals surface area contributed by atoms with Crippen LogP contribution in [0.15, 0.2) is 0 Å². The number of hydrogen-bond acceptors (Lipinski definition) is 4. The summed E-state index contributed by atoms with van der Waals surface area (Å²) in [4.78, 5) is 20.0. The Labute approximate surface area is 96.7 Å². The maximum absolute atomic E-state index is 10.3. The van der Waals surface area contributed by atoms with E-state index in [-0.39, 0.29) is 12.1 Å². The Hall–Kier alpha value is -1.10. The Bertz CT molecular complexity index is 191. The van der Waals surface area contributed by atoms with Gasteiger partial charge in [0.1, 0.15) is 6.10 Å². The fourth-order valence-corrected chi connectivity index (χ4v) is 0.880. The summed E-state index contributed by atoms with van der Waals surface area (Å²) < 4.78 is 9.45. The molecule has 0 aromatic heterocycles. The van der Waals surface area contributed by atoms with Gasteiger partial charge in [-0.15, -0.1) is 0 Å². The Morgan fingerprint density at radius 3 is 2.19 bits per heavy atom. The Morgan fingerprint density at radius 1 is 1.38 bits per heavy atom. The average molecular weight is 234 g/mol. The molecule has 96 valence electrons. The van der Waals surface area contributed by atoms with Crippen LogP contribution in [0.5, 0.6) is 0 Å². The molecule has 0 radical (unpaired) electrons. The quantitative estimate of drug-likeness (QED) is 0.710. The molecule has 0 bridgehead atoms. The largest absolute Gasteiger partial charge is 0.481 e. The first-order valence-corrected chi connectivity index (χ1v) is 5.31. The van der Waals surface area contributed by atoms with Crippen molar-refractivity contribution in [3.8, 4) is 0 Å². The van der Waals surface area contributed by atoms with Gasteiger partial charge in [-0.05, 0) is 13.3 Å². The molecular formula is C11H22O5. The minimum atomic E-state index is -0.693. The topological polar surface area (TPSA) is 72.8 Å². The third kappa shape index (κ3) is 18.6. The van der Waals surface area contributed by atoms with Crippen molar-refractivity contribution in [2.24, 2.45) is 0 Å². The first-order valence-electron chi connectivity index (χ1n) is 5.31. The number of carbonyl (C=O) groups excluding carboxylic acids is 1. The highest BCUT2D eigenvalue weighted by Crippen LogP contribution is 1.91. The number of methoxy groups -OCH3 is 1. The monoisotopic (exact) mass is 234 g/mol. The number of ether oxygens (including phenoxy) is 2.